The summed E-state index contributed by atoms with van der Waals surface area (Å²) in [5.41, 5.74) is 4.94. The molecule has 0 aromatic heterocycles. The summed E-state index contributed by atoms with van der Waals surface area (Å²) >= 11 is 0. The van der Waals surface area contributed by atoms with Crippen LogP contribution in [0, 0.1) is 0 Å². The van der Waals surface area contributed by atoms with Gasteiger partial charge in [-0.25, -0.2) is 4.79 Å². The van der Waals surface area contributed by atoms with Gasteiger partial charge in [0, 0.05) is 52.8 Å². The summed E-state index contributed by atoms with van der Waals surface area (Å²) in [6, 6.07) is 25.2. The number of carbonyl (C=O) groups excluding carboxylic acids is 2. The van der Waals surface area contributed by atoms with E-state index in [1.54, 1.807) is 16.9 Å². The molecule has 0 spiro atoms. The van der Waals surface area contributed by atoms with E-state index in [-0.39, 0.29) is 37.9 Å². The van der Waals surface area contributed by atoms with Crippen LogP contribution >= 0.6 is 0 Å². The standard InChI is InChI=1S/C49H74N2O8Si2/c1-35(2)61(36(3)4,37(5)6)59-44-31-50(48(53)58-32-38-18-14-13-15-19-38)30-43(45(44)39-22-24-41(25-23-39)56-27-17-26-54-9)57-33-40-20-16-21-42-46(40)51(47(52)49(42,7)8)34-55-28-29-60(10,11)12/h13-16,18-25,35-37,43-45H,17,26-34H2,1-12H3/t43-,44+,45+/m0/s1. The lowest BCUT2D eigenvalue weighted by atomic mass is 9.84. The molecule has 3 aromatic rings. The Morgan fingerprint density at radius 1 is 0.803 bits per heavy atom. The Labute approximate surface area is 368 Å². The molecular formula is C49H74N2O8Si2. The van der Waals surface area contributed by atoms with Crippen LogP contribution in [0.2, 0.25) is 42.3 Å². The first-order valence-electron chi connectivity index (χ1n) is 22.4. The van der Waals surface area contributed by atoms with Gasteiger partial charge in [-0.15, -0.1) is 0 Å². The normalized spacial score (nSPS) is 19.3. The van der Waals surface area contributed by atoms with Crippen LogP contribution in [-0.2, 0) is 46.8 Å². The van der Waals surface area contributed by atoms with E-state index < -0.39 is 34.0 Å². The summed E-state index contributed by atoms with van der Waals surface area (Å²) in [6.45, 7) is 27.7. The second-order valence-electron chi connectivity index (χ2n) is 19.6. The van der Waals surface area contributed by atoms with Crippen molar-refractivity contribution in [3.8, 4) is 5.75 Å². The zero-order valence-electron chi connectivity index (χ0n) is 39.1. The molecular weight excluding hydrogens is 801 g/mol. The van der Waals surface area contributed by atoms with Crippen LogP contribution in [-0.4, -0.2) is 92.3 Å². The van der Waals surface area contributed by atoms with Crippen molar-refractivity contribution in [3.63, 3.8) is 0 Å². The van der Waals surface area contributed by atoms with Crippen LogP contribution < -0.4 is 9.64 Å². The van der Waals surface area contributed by atoms with Gasteiger partial charge in [0.15, 0.2) is 0 Å². The predicted octanol–water partition coefficient (Wildman–Crippen LogP) is 10.9. The molecule has 0 unspecified atom stereocenters. The first-order valence-corrected chi connectivity index (χ1v) is 28.2. The summed E-state index contributed by atoms with van der Waals surface area (Å²) in [5, 5.41) is 0. The van der Waals surface area contributed by atoms with Gasteiger partial charge in [0.05, 0.1) is 43.1 Å². The number of ether oxygens (including phenoxy) is 5. The Hall–Kier alpha value is -3.53. The Balaban J connectivity index is 1.53. The minimum Gasteiger partial charge on any atom is -0.494 e. The molecule has 2 heterocycles. The van der Waals surface area contributed by atoms with E-state index in [9.17, 15) is 9.59 Å². The molecule has 336 valence electrons. The van der Waals surface area contributed by atoms with E-state index in [1.807, 2.05) is 74.5 Å². The number of fused-ring (bicyclic) bond motifs is 1. The second-order valence-corrected chi connectivity index (χ2v) is 30.6. The molecule has 12 heteroatoms. The van der Waals surface area contributed by atoms with Gasteiger partial charge in [-0.2, -0.15) is 0 Å². The number of para-hydroxylation sites is 1. The molecule has 5 rings (SSSR count). The van der Waals surface area contributed by atoms with Crippen LogP contribution in [0.3, 0.4) is 0 Å². The smallest absolute Gasteiger partial charge is 0.410 e. The van der Waals surface area contributed by atoms with E-state index in [0.29, 0.717) is 49.5 Å². The largest absolute Gasteiger partial charge is 0.494 e. The lowest BCUT2D eigenvalue weighted by Gasteiger charge is -2.50. The Morgan fingerprint density at radius 2 is 1.46 bits per heavy atom. The number of amides is 2. The molecule has 2 aliphatic rings. The minimum atomic E-state index is -2.48. The average Bonchev–Trinajstić information content (AvgIpc) is 3.41. The third-order valence-electron chi connectivity index (χ3n) is 12.7. The minimum absolute atomic E-state index is 0.0150. The Morgan fingerprint density at radius 3 is 2.08 bits per heavy atom. The van der Waals surface area contributed by atoms with Crippen LogP contribution in [0.1, 0.15) is 90.0 Å². The van der Waals surface area contributed by atoms with Gasteiger partial charge in [-0.3, -0.25) is 9.69 Å². The van der Waals surface area contributed by atoms with Crippen molar-refractivity contribution in [2.45, 2.75) is 141 Å². The van der Waals surface area contributed by atoms with Crippen LogP contribution in [0.4, 0.5) is 10.5 Å². The molecule has 10 nitrogen and oxygen atoms in total. The number of anilines is 1. The number of hydrogen-bond acceptors (Lipinski definition) is 8. The quantitative estimate of drug-likeness (QED) is 0.0771. The maximum absolute atomic E-state index is 14.2. The number of hydrogen-bond donors (Lipinski definition) is 0. The van der Waals surface area contributed by atoms with Crippen molar-refractivity contribution in [2.75, 3.05) is 51.7 Å². The van der Waals surface area contributed by atoms with E-state index >= 15 is 0 Å². The predicted molar refractivity (Wildman–Crippen MR) is 250 cm³/mol. The number of benzene rings is 3. The van der Waals surface area contributed by atoms with Crippen LogP contribution in [0.25, 0.3) is 0 Å². The first kappa shape index (κ1) is 48.5. The van der Waals surface area contributed by atoms with E-state index in [2.05, 4.69) is 73.3 Å². The molecule has 1 saturated heterocycles. The summed E-state index contributed by atoms with van der Waals surface area (Å²) in [5.74, 6) is 0.576. The highest BCUT2D eigenvalue weighted by Gasteiger charge is 2.51. The lowest BCUT2D eigenvalue weighted by molar-refractivity contribution is -0.123. The summed E-state index contributed by atoms with van der Waals surface area (Å²) in [4.78, 5) is 31.8. The Kier molecular flexibility index (Phi) is 16.9. The molecule has 1 fully saturated rings. The monoisotopic (exact) mass is 874 g/mol. The zero-order valence-corrected chi connectivity index (χ0v) is 41.1. The van der Waals surface area contributed by atoms with Crippen molar-refractivity contribution in [2.24, 2.45) is 0 Å². The van der Waals surface area contributed by atoms with E-state index in [1.165, 1.54) is 0 Å². The summed E-state index contributed by atoms with van der Waals surface area (Å²) in [6.07, 6.45) is -0.459. The first-order chi connectivity index (χ1) is 28.9. The van der Waals surface area contributed by atoms with Gasteiger partial charge in [-0.1, -0.05) is 122 Å². The molecule has 0 saturated carbocycles. The van der Waals surface area contributed by atoms with Crippen molar-refractivity contribution < 1.29 is 37.7 Å². The SMILES string of the molecule is COCCCOc1ccc([C@@H]2[C@@H](OCc3cccc4c3N(COCC[Si](C)(C)C)C(=O)C4(C)C)CN(C(=O)OCc3ccccc3)C[C@H]2O[Si](C(C)C)(C(C)C)C(C)C)cc1. The highest BCUT2D eigenvalue weighted by Crippen LogP contribution is 2.47. The lowest BCUT2D eigenvalue weighted by Crippen LogP contribution is -2.59. The fourth-order valence-corrected chi connectivity index (χ4v) is 15.7. The fraction of sp³-hybridized carbons (Fsp3) is 0.592. The maximum atomic E-state index is 14.2. The molecule has 3 aromatic carbocycles. The van der Waals surface area contributed by atoms with Gasteiger partial charge >= 0.3 is 6.09 Å². The highest BCUT2D eigenvalue weighted by atomic mass is 28.4. The summed E-state index contributed by atoms with van der Waals surface area (Å²) < 4.78 is 38.3. The number of likely N-dealkylation sites (tertiary alicyclic amines) is 1. The molecule has 2 amide bonds. The summed E-state index contributed by atoms with van der Waals surface area (Å²) in [7, 11) is -2.11. The van der Waals surface area contributed by atoms with Crippen molar-refractivity contribution in [3.05, 3.63) is 95.1 Å². The number of rotatable bonds is 21. The molecule has 3 atom stereocenters. The molecule has 0 bridgehead atoms. The average molecular weight is 875 g/mol. The van der Waals surface area contributed by atoms with E-state index in [0.717, 1.165) is 46.2 Å². The highest BCUT2D eigenvalue weighted by molar-refractivity contribution is 6.77. The van der Waals surface area contributed by atoms with Gasteiger partial charge in [0.25, 0.3) is 0 Å². The number of piperidine rings is 1. The van der Waals surface area contributed by atoms with Gasteiger partial charge in [-0.05, 0) is 65.3 Å². The number of carbonyl (C=O) groups is 2. The maximum Gasteiger partial charge on any atom is 0.410 e. The Bertz CT molecular complexity index is 1840. The topological polar surface area (TPSA) is 96.0 Å². The number of nitrogens with zero attached hydrogens (tertiary/aromatic N) is 2. The van der Waals surface area contributed by atoms with Crippen LogP contribution in [0.15, 0.2) is 72.8 Å². The number of methoxy groups -OCH3 is 1. The van der Waals surface area contributed by atoms with Gasteiger partial charge < -0.3 is 33.0 Å². The molecule has 0 radical (unpaired) electrons. The van der Waals surface area contributed by atoms with Crippen molar-refractivity contribution in [1.82, 2.24) is 4.90 Å². The third-order valence-corrected chi connectivity index (χ3v) is 20.5. The van der Waals surface area contributed by atoms with E-state index in [4.69, 9.17) is 28.1 Å². The molecule has 0 aliphatic carbocycles. The van der Waals surface area contributed by atoms with Gasteiger partial charge in [0.1, 0.15) is 19.1 Å². The molecule has 2 aliphatic heterocycles. The van der Waals surface area contributed by atoms with Crippen molar-refractivity contribution >= 4 is 34.1 Å². The molecule has 0 N–H and O–H groups in total. The fourth-order valence-electron chi connectivity index (χ4n) is 9.42. The third kappa shape index (κ3) is 11.7. The molecule has 61 heavy (non-hydrogen) atoms. The van der Waals surface area contributed by atoms with Crippen molar-refractivity contribution in [1.29, 1.82) is 0 Å². The zero-order chi connectivity index (χ0) is 44.5. The second kappa shape index (κ2) is 21.2. The van der Waals surface area contributed by atoms with Crippen LogP contribution in [0.5, 0.6) is 5.75 Å². The van der Waals surface area contributed by atoms with Gasteiger partial charge in [0.2, 0.25) is 14.2 Å².